The van der Waals surface area contributed by atoms with Crippen LogP contribution in [0.1, 0.15) is 49.3 Å². The maximum atomic E-state index is 6.42. The van der Waals surface area contributed by atoms with Crippen molar-refractivity contribution in [3.63, 3.8) is 0 Å². The number of nitrogens with zero attached hydrogens (tertiary/aromatic N) is 2. The molecular formula is C44H42IrN2OSi-2. The molecule has 0 saturated carbocycles. The van der Waals surface area contributed by atoms with Gasteiger partial charge in [-0.3, -0.25) is 0 Å². The maximum absolute atomic E-state index is 6.42. The Balaban J connectivity index is 0.000000183. The van der Waals surface area contributed by atoms with Crippen LogP contribution in [0.25, 0.3) is 55.6 Å². The second-order valence-corrected chi connectivity index (χ2v) is 19.1. The number of hydrogen-bond acceptors (Lipinski definition) is 3. The van der Waals surface area contributed by atoms with Crippen molar-refractivity contribution < 1.29 is 24.5 Å². The van der Waals surface area contributed by atoms with E-state index in [0.717, 1.165) is 57.3 Å². The Morgan fingerprint density at radius 1 is 0.796 bits per heavy atom. The number of aromatic nitrogens is 2. The zero-order chi connectivity index (χ0) is 33.3. The molecule has 0 amide bonds. The smallest absolute Gasteiger partial charge is 0.121 e. The molecule has 7 aromatic rings. The molecule has 0 spiro atoms. The van der Waals surface area contributed by atoms with Gasteiger partial charge in [-0.25, -0.2) is 0 Å². The number of furan rings is 1. The Morgan fingerprint density at radius 2 is 1.59 bits per heavy atom. The number of benzene rings is 4. The van der Waals surface area contributed by atoms with Gasteiger partial charge >= 0.3 is 0 Å². The number of hydrogen-bond donors (Lipinski definition) is 0. The molecule has 1 radical (unpaired) electrons. The SMILES string of the molecule is CC(C)c1cc(-c2[c-]cccc2)ncc1[Si](C)(C)C.[Ir].[c-]1ccc2c(oc3cccc(-c4ccccc4)c32)c1-c1nccc2c1CCCC2. The molecule has 0 unspecified atom stereocenters. The molecule has 3 nitrogen and oxygen atoms in total. The van der Waals surface area contributed by atoms with Gasteiger partial charge in [0, 0.05) is 37.9 Å². The number of rotatable bonds is 5. The first kappa shape index (κ1) is 34.7. The van der Waals surface area contributed by atoms with Gasteiger partial charge in [-0.1, -0.05) is 110 Å². The summed E-state index contributed by atoms with van der Waals surface area (Å²) in [4.78, 5) is 9.43. The van der Waals surface area contributed by atoms with E-state index in [4.69, 9.17) is 9.40 Å². The first-order chi connectivity index (χ1) is 23.3. The third-order valence-corrected chi connectivity index (χ3v) is 11.4. The van der Waals surface area contributed by atoms with E-state index in [2.05, 4.69) is 124 Å². The van der Waals surface area contributed by atoms with Gasteiger partial charge in [-0.2, -0.15) is 0 Å². The van der Waals surface area contributed by atoms with Crippen LogP contribution < -0.4 is 5.19 Å². The summed E-state index contributed by atoms with van der Waals surface area (Å²) in [5.41, 5.74) is 12.6. The third-order valence-electron chi connectivity index (χ3n) is 9.41. The van der Waals surface area contributed by atoms with Crippen molar-refractivity contribution in [2.45, 2.75) is 65.1 Å². The quantitative estimate of drug-likeness (QED) is 0.128. The number of fused-ring (bicyclic) bond motifs is 4. The van der Waals surface area contributed by atoms with E-state index in [1.54, 1.807) is 0 Å². The zero-order valence-electron chi connectivity index (χ0n) is 28.9. The molecule has 8 rings (SSSR count). The molecule has 5 heteroatoms. The average Bonchev–Trinajstić information content (AvgIpc) is 3.51. The molecule has 49 heavy (non-hydrogen) atoms. The molecule has 0 atom stereocenters. The van der Waals surface area contributed by atoms with Crippen molar-refractivity contribution in [1.29, 1.82) is 0 Å². The third kappa shape index (κ3) is 7.12. The summed E-state index contributed by atoms with van der Waals surface area (Å²) in [5.74, 6) is 0.534. The van der Waals surface area contributed by atoms with Crippen LogP contribution in [0.2, 0.25) is 19.6 Å². The molecule has 0 fully saturated rings. The molecule has 0 bridgehead atoms. The topological polar surface area (TPSA) is 38.9 Å². The van der Waals surface area contributed by atoms with Crippen LogP contribution in [0.15, 0.2) is 114 Å². The van der Waals surface area contributed by atoms with Crippen molar-refractivity contribution in [2.75, 3.05) is 0 Å². The van der Waals surface area contributed by atoms with Crippen molar-refractivity contribution in [3.8, 4) is 33.6 Å². The molecule has 249 valence electrons. The van der Waals surface area contributed by atoms with E-state index in [1.165, 1.54) is 45.8 Å². The van der Waals surface area contributed by atoms with Gasteiger partial charge in [-0.15, -0.1) is 54.1 Å². The van der Waals surface area contributed by atoms with Crippen molar-refractivity contribution in [3.05, 3.63) is 138 Å². The molecule has 4 aromatic carbocycles. The Kier molecular flexibility index (Phi) is 10.5. The standard InChI is InChI=1S/C27H20NO.C17H22NSi.Ir/c1-2-8-18(9-3-1)20-12-7-15-24-25(20)22-13-6-14-23(27(22)29-24)26-21-11-5-4-10-19(21)16-17-28-26;1-13(2)15-11-16(14-9-7-6-8-10-14)18-12-17(15)19(3,4)5;/h1-3,6-9,12-13,15-17H,4-5,10-11H2;6-9,11-13H,1-5H3;/q2*-1;. The van der Waals surface area contributed by atoms with Gasteiger partial charge in [0.15, 0.2) is 0 Å². The van der Waals surface area contributed by atoms with E-state index in [-0.39, 0.29) is 20.1 Å². The van der Waals surface area contributed by atoms with Gasteiger partial charge in [0.25, 0.3) is 0 Å². The van der Waals surface area contributed by atoms with Crippen LogP contribution in [0.5, 0.6) is 0 Å². The molecule has 0 N–H and O–H groups in total. The predicted molar refractivity (Wildman–Crippen MR) is 203 cm³/mol. The Hall–Kier alpha value is -4.15. The second-order valence-electron chi connectivity index (χ2n) is 14.1. The summed E-state index contributed by atoms with van der Waals surface area (Å²) in [6.45, 7) is 11.7. The minimum absolute atomic E-state index is 0. The Labute approximate surface area is 305 Å². The summed E-state index contributed by atoms with van der Waals surface area (Å²) < 4.78 is 6.42. The normalized spacial score (nSPS) is 12.7. The Morgan fingerprint density at radius 3 is 2.35 bits per heavy atom. The molecule has 3 heterocycles. The van der Waals surface area contributed by atoms with Gasteiger partial charge in [0.05, 0.1) is 13.7 Å². The van der Waals surface area contributed by atoms with Crippen molar-refractivity contribution in [2.24, 2.45) is 0 Å². The van der Waals surface area contributed by atoms with E-state index in [1.807, 2.05) is 36.5 Å². The molecular weight excluding hydrogens is 793 g/mol. The van der Waals surface area contributed by atoms with Crippen LogP contribution >= 0.6 is 0 Å². The summed E-state index contributed by atoms with van der Waals surface area (Å²) >= 11 is 0. The summed E-state index contributed by atoms with van der Waals surface area (Å²) in [5, 5.41) is 3.76. The largest absolute Gasteiger partial charge is 0.501 e. The van der Waals surface area contributed by atoms with Crippen LogP contribution in [-0.2, 0) is 32.9 Å². The molecule has 3 aromatic heterocycles. The minimum Gasteiger partial charge on any atom is -0.501 e. The molecule has 0 aliphatic heterocycles. The number of aryl methyl sites for hydroxylation is 1. The van der Waals surface area contributed by atoms with E-state index >= 15 is 0 Å². The van der Waals surface area contributed by atoms with Gasteiger partial charge in [0.1, 0.15) is 5.58 Å². The van der Waals surface area contributed by atoms with E-state index in [0.29, 0.717) is 5.92 Å². The van der Waals surface area contributed by atoms with Crippen LogP contribution in [-0.4, -0.2) is 18.0 Å². The van der Waals surface area contributed by atoms with Crippen LogP contribution in [0, 0.1) is 12.1 Å². The van der Waals surface area contributed by atoms with E-state index in [9.17, 15) is 0 Å². The molecule has 1 aliphatic carbocycles. The molecule has 0 saturated heterocycles. The first-order valence-corrected chi connectivity index (χ1v) is 20.7. The van der Waals surface area contributed by atoms with E-state index < -0.39 is 8.07 Å². The fraction of sp³-hybridized carbons (Fsp3) is 0.227. The van der Waals surface area contributed by atoms with Gasteiger partial charge in [-0.05, 0) is 71.4 Å². The van der Waals surface area contributed by atoms with Gasteiger partial charge in [0.2, 0.25) is 0 Å². The summed E-state index contributed by atoms with van der Waals surface area (Å²) in [6.07, 6.45) is 8.73. The second kappa shape index (κ2) is 14.8. The first-order valence-electron chi connectivity index (χ1n) is 17.2. The fourth-order valence-electron chi connectivity index (χ4n) is 6.98. The number of pyridine rings is 2. The fourth-order valence-corrected chi connectivity index (χ4v) is 8.66. The summed E-state index contributed by atoms with van der Waals surface area (Å²) in [6, 6.07) is 40.1. The van der Waals surface area contributed by atoms with Crippen LogP contribution in [0.4, 0.5) is 0 Å². The average molecular weight is 835 g/mol. The Bertz CT molecular complexity index is 2200. The maximum Gasteiger partial charge on any atom is 0.121 e. The van der Waals surface area contributed by atoms with Crippen molar-refractivity contribution in [1.82, 2.24) is 9.97 Å². The monoisotopic (exact) mass is 835 g/mol. The molecule has 1 aliphatic rings. The predicted octanol–water partition coefficient (Wildman–Crippen LogP) is 11.2. The summed E-state index contributed by atoms with van der Waals surface area (Å²) in [7, 11) is -1.34. The van der Waals surface area contributed by atoms with Gasteiger partial charge < -0.3 is 14.4 Å². The minimum atomic E-state index is -1.34. The zero-order valence-corrected chi connectivity index (χ0v) is 32.3. The van der Waals surface area contributed by atoms with Crippen LogP contribution in [0.3, 0.4) is 0 Å². The van der Waals surface area contributed by atoms with Crippen molar-refractivity contribution >= 4 is 35.2 Å².